The highest BCUT2D eigenvalue weighted by Gasteiger charge is 2.19. The van der Waals surface area contributed by atoms with Crippen molar-refractivity contribution in [2.24, 2.45) is 0 Å². The van der Waals surface area contributed by atoms with Crippen LogP contribution in [-0.2, 0) is 0 Å². The quantitative estimate of drug-likeness (QED) is 0.629. The predicted molar refractivity (Wildman–Crippen MR) is 76.9 cm³/mol. The molecule has 3 rings (SSSR count). The third kappa shape index (κ3) is 2.39. The molecule has 1 saturated heterocycles. The van der Waals surface area contributed by atoms with Gasteiger partial charge in [0.15, 0.2) is 0 Å². The number of piperidine rings is 1. The van der Waals surface area contributed by atoms with Crippen LogP contribution in [0.5, 0.6) is 0 Å². The average Bonchev–Trinajstić information content (AvgIpc) is 3.01. The zero-order valence-corrected chi connectivity index (χ0v) is 11.1. The molecular weight excluding hydrogens is 256 g/mol. The molecule has 0 atom stereocenters. The van der Waals surface area contributed by atoms with Gasteiger partial charge in [0.1, 0.15) is 5.76 Å². The monoisotopic (exact) mass is 272 g/mol. The maximum absolute atomic E-state index is 11.0. The molecule has 1 fully saturated rings. The topological polar surface area (TPSA) is 59.5 Å². The highest BCUT2D eigenvalue weighted by atomic mass is 16.6. The van der Waals surface area contributed by atoms with E-state index in [0.29, 0.717) is 5.76 Å². The number of anilines is 1. The standard InChI is InChI=1S/C15H16N2O3/c18-17(19)12-6-7-14(16-8-2-1-3-9-16)13(11-12)15-5-4-10-20-15/h4-7,10-11H,1-3,8-9H2. The first-order chi connectivity index (χ1) is 9.75. The van der Waals surface area contributed by atoms with Gasteiger partial charge in [-0.1, -0.05) is 0 Å². The smallest absolute Gasteiger partial charge is 0.270 e. The molecule has 0 bridgehead atoms. The van der Waals surface area contributed by atoms with Crippen molar-refractivity contribution in [3.63, 3.8) is 0 Å². The Kier molecular flexibility index (Phi) is 3.41. The fraction of sp³-hybridized carbons (Fsp3) is 0.333. The van der Waals surface area contributed by atoms with Crippen molar-refractivity contribution in [2.45, 2.75) is 19.3 Å². The van der Waals surface area contributed by atoms with E-state index in [9.17, 15) is 10.1 Å². The minimum absolute atomic E-state index is 0.0946. The maximum Gasteiger partial charge on any atom is 0.270 e. The second kappa shape index (κ2) is 5.36. The number of nitro groups is 1. The average molecular weight is 272 g/mol. The molecule has 0 radical (unpaired) electrons. The summed E-state index contributed by atoms with van der Waals surface area (Å²) in [6.07, 6.45) is 5.16. The van der Waals surface area contributed by atoms with Gasteiger partial charge in [0, 0.05) is 36.5 Å². The van der Waals surface area contributed by atoms with E-state index in [1.807, 2.05) is 12.1 Å². The Bertz CT molecular complexity index is 602. The van der Waals surface area contributed by atoms with Crippen molar-refractivity contribution in [1.29, 1.82) is 0 Å². The number of nitro benzene ring substituents is 1. The van der Waals surface area contributed by atoms with Gasteiger partial charge >= 0.3 is 0 Å². The molecule has 0 spiro atoms. The van der Waals surface area contributed by atoms with Gasteiger partial charge in [-0.15, -0.1) is 0 Å². The van der Waals surface area contributed by atoms with Crippen molar-refractivity contribution >= 4 is 11.4 Å². The molecule has 5 nitrogen and oxygen atoms in total. The van der Waals surface area contributed by atoms with E-state index < -0.39 is 0 Å². The molecule has 2 heterocycles. The van der Waals surface area contributed by atoms with Crippen LogP contribution in [0.3, 0.4) is 0 Å². The van der Waals surface area contributed by atoms with E-state index in [1.165, 1.54) is 6.42 Å². The van der Waals surface area contributed by atoms with Gasteiger partial charge in [0.05, 0.1) is 11.2 Å². The Morgan fingerprint density at radius 1 is 1.15 bits per heavy atom. The summed E-state index contributed by atoms with van der Waals surface area (Å²) in [6, 6.07) is 8.64. The Labute approximate surface area is 117 Å². The zero-order chi connectivity index (χ0) is 13.9. The highest BCUT2D eigenvalue weighted by Crippen LogP contribution is 2.35. The molecule has 0 amide bonds. The summed E-state index contributed by atoms with van der Waals surface area (Å²) >= 11 is 0. The normalized spacial score (nSPS) is 15.3. The summed E-state index contributed by atoms with van der Waals surface area (Å²) in [5, 5.41) is 11.0. The lowest BCUT2D eigenvalue weighted by molar-refractivity contribution is -0.384. The summed E-state index contributed by atoms with van der Waals surface area (Å²) < 4.78 is 5.44. The number of non-ortho nitro benzene ring substituents is 1. The second-order valence-electron chi connectivity index (χ2n) is 4.98. The molecule has 1 aliphatic heterocycles. The molecule has 5 heteroatoms. The minimum atomic E-state index is -0.369. The van der Waals surface area contributed by atoms with E-state index in [2.05, 4.69) is 4.90 Å². The second-order valence-corrected chi connectivity index (χ2v) is 4.98. The van der Waals surface area contributed by atoms with Gasteiger partial charge in [-0.05, 0) is 37.5 Å². The summed E-state index contributed by atoms with van der Waals surface area (Å²) in [5.41, 5.74) is 1.91. The fourth-order valence-electron chi connectivity index (χ4n) is 2.68. The van der Waals surface area contributed by atoms with Gasteiger partial charge in [0.25, 0.3) is 5.69 Å². The zero-order valence-electron chi connectivity index (χ0n) is 11.1. The molecule has 1 aliphatic rings. The Hall–Kier alpha value is -2.30. The van der Waals surface area contributed by atoms with Crippen molar-refractivity contribution in [3.05, 3.63) is 46.7 Å². The van der Waals surface area contributed by atoms with E-state index in [-0.39, 0.29) is 10.6 Å². The number of hydrogen-bond donors (Lipinski definition) is 0. The first kappa shape index (κ1) is 12.7. The Morgan fingerprint density at radius 2 is 1.95 bits per heavy atom. The van der Waals surface area contributed by atoms with Crippen LogP contribution in [0.2, 0.25) is 0 Å². The number of rotatable bonds is 3. The van der Waals surface area contributed by atoms with Crippen molar-refractivity contribution in [3.8, 4) is 11.3 Å². The van der Waals surface area contributed by atoms with E-state index in [1.54, 1.807) is 24.5 Å². The van der Waals surface area contributed by atoms with E-state index >= 15 is 0 Å². The van der Waals surface area contributed by atoms with Crippen LogP contribution in [0, 0.1) is 10.1 Å². The molecule has 2 aromatic rings. The van der Waals surface area contributed by atoms with Crippen molar-refractivity contribution in [2.75, 3.05) is 18.0 Å². The number of benzene rings is 1. The van der Waals surface area contributed by atoms with Gasteiger partial charge in [0.2, 0.25) is 0 Å². The number of furan rings is 1. The maximum atomic E-state index is 11.0. The van der Waals surface area contributed by atoms with Crippen LogP contribution >= 0.6 is 0 Å². The molecule has 1 aromatic heterocycles. The first-order valence-electron chi connectivity index (χ1n) is 6.83. The fourth-order valence-corrected chi connectivity index (χ4v) is 2.68. The lowest BCUT2D eigenvalue weighted by Crippen LogP contribution is -2.29. The van der Waals surface area contributed by atoms with Crippen LogP contribution < -0.4 is 4.90 Å². The van der Waals surface area contributed by atoms with Crippen molar-refractivity contribution in [1.82, 2.24) is 0 Å². The van der Waals surface area contributed by atoms with Crippen LogP contribution in [0.25, 0.3) is 11.3 Å². The minimum Gasteiger partial charge on any atom is -0.464 e. The number of hydrogen-bond acceptors (Lipinski definition) is 4. The van der Waals surface area contributed by atoms with Crippen molar-refractivity contribution < 1.29 is 9.34 Å². The largest absolute Gasteiger partial charge is 0.464 e. The first-order valence-corrected chi connectivity index (χ1v) is 6.83. The van der Waals surface area contributed by atoms with Crippen LogP contribution in [-0.4, -0.2) is 18.0 Å². The molecular formula is C15H16N2O3. The molecule has 1 aromatic carbocycles. The SMILES string of the molecule is O=[N+]([O-])c1ccc(N2CCCCC2)c(-c2ccco2)c1. The Balaban J connectivity index is 2.06. The van der Waals surface area contributed by atoms with Gasteiger partial charge in [-0.25, -0.2) is 0 Å². The van der Waals surface area contributed by atoms with Gasteiger partial charge < -0.3 is 9.32 Å². The van der Waals surface area contributed by atoms with Crippen LogP contribution in [0.1, 0.15) is 19.3 Å². The lowest BCUT2D eigenvalue weighted by atomic mass is 10.0. The van der Waals surface area contributed by atoms with Crippen LogP contribution in [0.15, 0.2) is 41.0 Å². The van der Waals surface area contributed by atoms with Gasteiger partial charge in [-0.2, -0.15) is 0 Å². The van der Waals surface area contributed by atoms with Gasteiger partial charge in [-0.3, -0.25) is 10.1 Å². The van der Waals surface area contributed by atoms with E-state index in [0.717, 1.165) is 37.2 Å². The molecule has 0 N–H and O–H groups in total. The molecule has 104 valence electrons. The highest BCUT2D eigenvalue weighted by molar-refractivity contribution is 5.78. The third-order valence-corrected chi connectivity index (χ3v) is 3.67. The third-order valence-electron chi connectivity index (χ3n) is 3.67. The molecule has 0 saturated carbocycles. The van der Waals surface area contributed by atoms with Crippen LogP contribution in [0.4, 0.5) is 11.4 Å². The summed E-state index contributed by atoms with van der Waals surface area (Å²) in [7, 11) is 0. The Morgan fingerprint density at radius 3 is 2.60 bits per heavy atom. The summed E-state index contributed by atoms with van der Waals surface area (Å²) in [6.45, 7) is 1.98. The lowest BCUT2D eigenvalue weighted by Gasteiger charge is -2.30. The molecule has 20 heavy (non-hydrogen) atoms. The molecule has 0 aliphatic carbocycles. The summed E-state index contributed by atoms with van der Waals surface area (Å²) in [4.78, 5) is 12.9. The summed E-state index contributed by atoms with van der Waals surface area (Å²) in [5.74, 6) is 0.675. The van der Waals surface area contributed by atoms with E-state index in [4.69, 9.17) is 4.42 Å². The molecule has 0 unspecified atom stereocenters. The predicted octanol–water partition coefficient (Wildman–Crippen LogP) is 3.85. The number of nitrogens with zero attached hydrogens (tertiary/aromatic N) is 2.